The van der Waals surface area contributed by atoms with Gasteiger partial charge in [-0.3, -0.25) is 23.2 Å². The van der Waals surface area contributed by atoms with E-state index in [1.807, 2.05) is 49.5 Å². The summed E-state index contributed by atoms with van der Waals surface area (Å²) in [5, 5.41) is 29.8. The van der Waals surface area contributed by atoms with Crippen molar-refractivity contribution in [2.75, 3.05) is 26.4 Å². The van der Waals surface area contributed by atoms with Gasteiger partial charge in [0.15, 0.2) is 6.10 Å². The van der Waals surface area contributed by atoms with Crippen molar-refractivity contribution < 1.29 is 71.8 Å². The molecule has 0 aromatic rings. The molecule has 2 unspecified atom stereocenters. The summed E-state index contributed by atoms with van der Waals surface area (Å²) in [4.78, 5) is 52.9. The molecule has 0 aliphatic carbocycles. The Morgan fingerprint density at radius 3 is 1.71 bits per heavy atom. The third-order valence-corrected chi connectivity index (χ3v) is 11.8. The van der Waals surface area contributed by atoms with Crippen LogP contribution in [0.4, 0.5) is 0 Å². The first-order valence-electron chi connectivity index (χ1n) is 24.3. The Bertz CT molecular complexity index is 1490. The van der Waals surface area contributed by atoms with Crippen LogP contribution in [0.25, 0.3) is 0 Å². The number of allylic oxidation sites excluding steroid dienone is 8. The summed E-state index contributed by atoms with van der Waals surface area (Å²) in [6.07, 6.45) is 39.6. The van der Waals surface area contributed by atoms with Crippen molar-refractivity contribution >= 4 is 27.6 Å². The van der Waals surface area contributed by atoms with E-state index in [0.29, 0.717) is 32.1 Å². The van der Waals surface area contributed by atoms with E-state index in [0.717, 1.165) is 38.0 Å². The van der Waals surface area contributed by atoms with Crippen LogP contribution in [-0.4, -0.2) is 92.8 Å². The number of ether oxygens (including phenoxy) is 2. The van der Waals surface area contributed by atoms with Gasteiger partial charge >= 0.3 is 27.6 Å². The van der Waals surface area contributed by atoms with Gasteiger partial charge < -0.3 is 39.5 Å². The largest absolute Gasteiger partial charge is 0.472 e. The molecule has 17 heteroatoms. The minimum atomic E-state index is -4.89. The van der Waals surface area contributed by atoms with Gasteiger partial charge in [-0.2, -0.15) is 0 Å². The summed E-state index contributed by atoms with van der Waals surface area (Å²) < 4.78 is 47.8. The molecule has 0 spiro atoms. The van der Waals surface area contributed by atoms with Crippen molar-refractivity contribution in [2.45, 2.75) is 193 Å². The van der Waals surface area contributed by atoms with Crippen molar-refractivity contribution in [2.24, 2.45) is 5.92 Å². The Balaban J connectivity index is 4.68. The maximum atomic E-state index is 12.7. The van der Waals surface area contributed by atoms with Crippen molar-refractivity contribution in [1.82, 2.24) is 0 Å². The smallest absolute Gasteiger partial charge is 0.462 e. The van der Waals surface area contributed by atoms with E-state index < -0.39 is 78.4 Å². The van der Waals surface area contributed by atoms with Gasteiger partial charge in [-0.05, 0) is 44.4 Å². The molecular formula is C49H86O15P2. The van der Waals surface area contributed by atoms with Crippen LogP contribution in [-0.2, 0) is 41.8 Å². The lowest BCUT2D eigenvalue weighted by molar-refractivity contribution is -0.161. The molecule has 0 aromatic heterocycles. The molecule has 0 radical (unpaired) electrons. The zero-order valence-electron chi connectivity index (χ0n) is 40.2. The highest BCUT2D eigenvalue weighted by atomic mass is 31.2. The lowest BCUT2D eigenvalue weighted by atomic mass is 9.99. The summed E-state index contributed by atoms with van der Waals surface area (Å²) in [6.45, 7) is 3.72. The molecule has 382 valence electrons. The number of phosphoric ester groups is 2. The van der Waals surface area contributed by atoms with Crippen molar-refractivity contribution in [1.29, 1.82) is 0 Å². The average molecular weight is 977 g/mol. The third kappa shape index (κ3) is 45.3. The maximum absolute atomic E-state index is 12.7. The predicted octanol–water partition coefficient (Wildman–Crippen LogP) is 10.8. The highest BCUT2D eigenvalue weighted by molar-refractivity contribution is 7.47. The fourth-order valence-electron chi connectivity index (χ4n) is 6.24. The number of hydrogen-bond acceptors (Lipinski definition) is 12. The van der Waals surface area contributed by atoms with Gasteiger partial charge in [-0.1, -0.05) is 190 Å². The minimum absolute atomic E-state index is 0.00697. The highest BCUT2D eigenvalue weighted by Gasteiger charge is 2.28. The second kappa shape index (κ2) is 42.6. The number of carbonyl (C=O) groups excluding carboxylic acids is 2. The number of hydrogen-bond donors (Lipinski definition) is 6. The molecular weight excluding hydrogens is 890 g/mol. The zero-order chi connectivity index (χ0) is 49.2. The van der Waals surface area contributed by atoms with E-state index >= 15 is 0 Å². The molecule has 0 rings (SSSR count). The number of rotatable bonds is 44. The van der Waals surface area contributed by atoms with E-state index in [2.05, 4.69) is 22.9 Å². The summed E-state index contributed by atoms with van der Waals surface area (Å²) in [7, 11) is -9.75. The van der Waals surface area contributed by atoms with Gasteiger partial charge in [0, 0.05) is 12.8 Å². The van der Waals surface area contributed by atoms with Gasteiger partial charge in [0.1, 0.15) is 12.7 Å². The molecule has 6 atom stereocenters. The quantitative estimate of drug-likeness (QED) is 0.0109. The van der Waals surface area contributed by atoms with Gasteiger partial charge in [0.05, 0.1) is 32.0 Å². The summed E-state index contributed by atoms with van der Waals surface area (Å²) in [6, 6.07) is 0. The van der Waals surface area contributed by atoms with Crippen LogP contribution in [0.2, 0.25) is 0 Å². The monoisotopic (exact) mass is 977 g/mol. The van der Waals surface area contributed by atoms with Gasteiger partial charge in [0.25, 0.3) is 0 Å². The van der Waals surface area contributed by atoms with Crippen LogP contribution in [0.3, 0.4) is 0 Å². The number of aliphatic hydroxyl groups is 3. The van der Waals surface area contributed by atoms with Crippen molar-refractivity contribution in [3.63, 3.8) is 0 Å². The molecule has 0 aromatic carbocycles. The lowest BCUT2D eigenvalue weighted by Crippen LogP contribution is -2.30. The number of unbranched alkanes of at least 4 members (excludes halogenated alkanes) is 14. The Labute approximate surface area is 396 Å². The molecule has 0 heterocycles. The van der Waals surface area contributed by atoms with Crippen LogP contribution in [0, 0.1) is 5.92 Å². The Kier molecular flexibility index (Phi) is 40.9. The van der Waals surface area contributed by atoms with E-state index in [1.54, 1.807) is 30.4 Å². The number of carbonyl (C=O) groups is 2. The van der Waals surface area contributed by atoms with Crippen LogP contribution in [0.1, 0.15) is 168 Å². The molecule has 0 fully saturated rings. The zero-order valence-corrected chi connectivity index (χ0v) is 41.9. The summed E-state index contributed by atoms with van der Waals surface area (Å²) >= 11 is 0. The molecule has 0 amide bonds. The van der Waals surface area contributed by atoms with Crippen LogP contribution in [0.15, 0.2) is 72.9 Å². The summed E-state index contributed by atoms with van der Waals surface area (Å²) in [5.41, 5.74) is 0. The lowest BCUT2D eigenvalue weighted by Gasteiger charge is -2.20. The Morgan fingerprint density at radius 2 is 1.12 bits per heavy atom. The fraction of sp³-hybridized carbons (Fsp3) is 0.714. The Morgan fingerprint density at radius 1 is 0.576 bits per heavy atom. The highest BCUT2D eigenvalue weighted by Crippen LogP contribution is 2.44. The van der Waals surface area contributed by atoms with E-state index in [4.69, 9.17) is 23.8 Å². The molecule has 6 N–H and O–H groups in total. The Hall–Kier alpha value is -2.52. The first-order chi connectivity index (χ1) is 31.6. The van der Waals surface area contributed by atoms with Crippen molar-refractivity contribution in [3.8, 4) is 0 Å². The fourth-order valence-corrected chi connectivity index (χ4v) is 7.40. The van der Waals surface area contributed by atoms with E-state index in [1.165, 1.54) is 70.6 Å². The molecule has 0 aliphatic heterocycles. The third-order valence-electron chi connectivity index (χ3n) is 10.3. The first kappa shape index (κ1) is 63.5. The minimum Gasteiger partial charge on any atom is -0.462 e. The second-order valence-electron chi connectivity index (χ2n) is 16.7. The molecule has 15 nitrogen and oxygen atoms in total. The van der Waals surface area contributed by atoms with Crippen LogP contribution in [0.5, 0.6) is 0 Å². The van der Waals surface area contributed by atoms with Gasteiger partial charge in [-0.15, -0.1) is 0 Å². The standard InChI is InChI=1S/C49H86O15P2/c1-4-6-25-33-44(50)34-27-21-17-15-18-22-28-35-45(51)36-29-24-31-37-48(53)60-41-47(42-63-66(58,59)62-40-46(52)39-61-65(55,56)57)64-49(54)38-30-23-19-14-12-10-8-7-9-11-13-16-20-26-32-43(3)5-2/h6,17-18,21-22,25,27-29,34-36,43-47,50-52H,4-5,7-16,19-20,23-24,26,30-33,37-42H2,1-3H3,(H,58,59)(H2,55,56,57)/b21-17-,22-18-,25-6-,34-27+,35-28+,36-29-/t43?,44-,45-,46+,47-/m1/s1. The van der Waals surface area contributed by atoms with Crippen LogP contribution < -0.4 is 0 Å². The molecule has 0 saturated carbocycles. The molecule has 66 heavy (non-hydrogen) atoms. The van der Waals surface area contributed by atoms with Crippen molar-refractivity contribution in [3.05, 3.63) is 72.9 Å². The number of esters is 2. The maximum Gasteiger partial charge on any atom is 0.472 e. The SMILES string of the molecule is CC/C=C\C[C@@H](O)/C=C/C=C\C/C=C\C=C\[C@@H](O)/C=C\CCCC(=O)OC[C@H](COP(=O)(O)OC[C@@H](O)COP(=O)(O)O)OC(=O)CCCCCCCCCCCCCCCCC(C)CC. The second-order valence-corrected chi connectivity index (χ2v) is 19.3. The number of aliphatic hydroxyl groups excluding tert-OH is 3. The molecule has 0 aliphatic rings. The van der Waals surface area contributed by atoms with E-state index in [-0.39, 0.29) is 12.8 Å². The van der Waals surface area contributed by atoms with Crippen LogP contribution >= 0.6 is 15.6 Å². The van der Waals surface area contributed by atoms with Gasteiger partial charge in [-0.25, -0.2) is 9.13 Å². The first-order valence-corrected chi connectivity index (χ1v) is 27.3. The normalized spacial score (nSPS) is 16.0. The average Bonchev–Trinajstić information content (AvgIpc) is 3.27. The number of phosphoric acid groups is 2. The van der Waals surface area contributed by atoms with E-state index in [9.17, 15) is 38.9 Å². The van der Waals surface area contributed by atoms with Gasteiger partial charge in [0.2, 0.25) is 0 Å². The summed E-state index contributed by atoms with van der Waals surface area (Å²) in [5.74, 6) is -0.367. The molecule has 0 saturated heterocycles. The molecule has 0 bridgehead atoms. The topological polar surface area (TPSA) is 236 Å². The predicted molar refractivity (Wildman–Crippen MR) is 260 cm³/mol.